The molecule has 8 heteroatoms. The van der Waals surface area contributed by atoms with Gasteiger partial charge in [-0.05, 0) is 0 Å². The summed E-state index contributed by atoms with van der Waals surface area (Å²) < 4.78 is 4.47. The van der Waals surface area contributed by atoms with Crippen molar-refractivity contribution in [3.63, 3.8) is 0 Å². The molecule has 0 atom stereocenters. The van der Waals surface area contributed by atoms with Gasteiger partial charge in [-0.1, -0.05) is 0 Å². The number of nitrogens with one attached hydrogen (secondary N) is 3. The third kappa shape index (κ3) is 3.40. The highest BCUT2D eigenvalue weighted by Crippen LogP contribution is 1.97. The molecule has 0 aliphatic carbocycles. The maximum absolute atomic E-state index is 11.2. The molecule has 8 nitrogen and oxygen atoms in total. The molecule has 0 aliphatic rings. The van der Waals surface area contributed by atoms with E-state index in [0.717, 1.165) is 0 Å². The monoisotopic (exact) mass is 225 g/mol. The van der Waals surface area contributed by atoms with Gasteiger partial charge in [0.25, 0.3) is 0 Å². The number of ether oxygens (including phenoxy) is 1. The Balaban J connectivity index is 2.71. The van der Waals surface area contributed by atoms with Gasteiger partial charge in [-0.15, -0.1) is 0 Å². The maximum atomic E-state index is 11.2. The maximum Gasteiger partial charge on any atom is 0.356 e. The molecule has 0 fully saturated rings. The predicted octanol–water partition coefficient (Wildman–Crippen LogP) is -0.633. The highest BCUT2D eigenvalue weighted by Gasteiger charge is 2.10. The van der Waals surface area contributed by atoms with E-state index in [1.165, 1.54) is 26.6 Å². The SMILES string of the molecule is COC(=O)/C(=C/Nc1ncn[nH]1)NC(C)=O. The quantitative estimate of drug-likeness (QED) is 0.465. The van der Waals surface area contributed by atoms with Crippen molar-refractivity contribution >= 4 is 17.8 Å². The first-order valence-electron chi connectivity index (χ1n) is 4.31. The Kier molecular flexibility index (Phi) is 4.01. The van der Waals surface area contributed by atoms with E-state index in [1.807, 2.05) is 0 Å². The molecule has 16 heavy (non-hydrogen) atoms. The molecule has 1 aromatic rings. The molecule has 0 aliphatic heterocycles. The molecule has 1 rings (SSSR count). The Hall–Kier alpha value is -2.38. The van der Waals surface area contributed by atoms with E-state index in [1.54, 1.807) is 0 Å². The average molecular weight is 225 g/mol. The molecule has 1 heterocycles. The molecule has 3 N–H and O–H groups in total. The van der Waals surface area contributed by atoms with E-state index in [-0.39, 0.29) is 11.6 Å². The number of rotatable bonds is 4. The number of hydrogen-bond acceptors (Lipinski definition) is 6. The number of hydrogen-bond donors (Lipinski definition) is 3. The fraction of sp³-hybridized carbons (Fsp3) is 0.250. The van der Waals surface area contributed by atoms with Crippen molar-refractivity contribution in [1.29, 1.82) is 0 Å². The smallest absolute Gasteiger partial charge is 0.356 e. The van der Waals surface area contributed by atoms with Crippen molar-refractivity contribution in [2.45, 2.75) is 6.92 Å². The first kappa shape index (κ1) is 11.7. The third-order valence-corrected chi connectivity index (χ3v) is 1.48. The highest BCUT2D eigenvalue weighted by molar-refractivity contribution is 5.93. The van der Waals surface area contributed by atoms with Crippen LogP contribution in [0.15, 0.2) is 18.2 Å². The van der Waals surface area contributed by atoms with Crippen LogP contribution in [-0.2, 0) is 14.3 Å². The molecule has 0 aromatic carbocycles. The largest absolute Gasteiger partial charge is 0.464 e. The van der Waals surface area contributed by atoms with Crippen LogP contribution >= 0.6 is 0 Å². The van der Waals surface area contributed by atoms with Gasteiger partial charge in [0.2, 0.25) is 11.9 Å². The first-order valence-corrected chi connectivity index (χ1v) is 4.31. The zero-order valence-corrected chi connectivity index (χ0v) is 8.77. The highest BCUT2D eigenvalue weighted by atomic mass is 16.5. The minimum absolute atomic E-state index is 0.0219. The summed E-state index contributed by atoms with van der Waals surface area (Å²) in [5, 5.41) is 11.1. The summed E-state index contributed by atoms with van der Waals surface area (Å²) >= 11 is 0. The van der Waals surface area contributed by atoms with Gasteiger partial charge in [-0.3, -0.25) is 4.79 Å². The van der Waals surface area contributed by atoms with Crippen LogP contribution in [0.5, 0.6) is 0 Å². The van der Waals surface area contributed by atoms with Crippen LogP contribution < -0.4 is 10.6 Å². The van der Waals surface area contributed by atoms with E-state index < -0.39 is 5.97 Å². The number of anilines is 1. The van der Waals surface area contributed by atoms with E-state index >= 15 is 0 Å². The zero-order chi connectivity index (χ0) is 12.0. The van der Waals surface area contributed by atoms with Gasteiger partial charge < -0.3 is 15.4 Å². The van der Waals surface area contributed by atoms with E-state index in [4.69, 9.17) is 0 Å². The van der Waals surface area contributed by atoms with Crippen molar-refractivity contribution in [2.75, 3.05) is 12.4 Å². The summed E-state index contributed by atoms with van der Waals surface area (Å²) in [5.74, 6) is -0.704. The van der Waals surface area contributed by atoms with Crippen molar-refractivity contribution < 1.29 is 14.3 Å². The summed E-state index contributed by atoms with van der Waals surface area (Å²) in [6.45, 7) is 1.28. The normalized spacial score (nSPS) is 10.8. The Bertz CT molecular complexity index is 398. The minimum atomic E-state index is -0.665. The minimum Gasteiger partial charge on any atom is -0.464 e. The second-order valence-electron chi connectivity index (χ2n) is 2.71. The van der Waals surface area contributed by atoms with E-state index in [9.17, 15) is 9.59 Å². The van der Waals surface area contributed by atoms with Gasteiger partial charge in [-0.25, -0.2) is 9.89 Å². The molecule has 1 amide bonds. The number of esters is 1. The summed E-state index contributed by atoms with van der Waals surface area (Å²) in [6.07, 6.45) is 2.56. The van der Waals surface area contributed by atoms with Crippen LogP contribution in [0.25, 0.3) is 0 Å². The second kappa shape index (κ2) is 5.49. The van der Waals surface area contributed by atoms with Crippen molar-refractivity contribution in [3.8, 4) is 0 Å². The molecule has 0 saturated heterocycles. The lowest BCUT2D eigenvalue weighted by Crippen LogP contribution is -2.26. The summed E-state index contributed by atoms with van der Waals surface area (Å²) in [5.41, 5.74) is -0.0219. The molecule has 0 radical (unpaired) electrons. The van der Waals surface area contributed by atoms with Gasteiger partial charge in [-0.2, -0.15) is 10.1 Å². The number of carbonyl (C=O) groups excluding carboxylic acids is 2. The Morgan fingerprint density at radius 1 is 1.56 bits per heavy atom. The lowest BCUT2D eigenvalue weighted by molar-refractivity contribution is -0.137. The number of nitrogens with zero attached hydrogens (tertiary/aromatic N) is 2. The molecule has 0 saturated carbocycles. The van der Waals surface area contributed by atoms with Crippen LogP contribution in [0, 0.1) is 0 Å². The second-order valence-corrected chi connectivity index (χ2v) is 2.71. The molecule has 0 bridgehead atoms. The topological polar surface area (TPSA) is 109 Å². The molecule has 1 aromatic heterocycles. The van der Waals surface area contributed by atoms with Crippen LogP contribution in [0.3, 0.4) is 0 Å². The standard InChI is InChI=1S/C8H11N5O3/c1-5(14)12-6(7(15)16-2)3-9-8-10-4-11-13-8/h3-4H,1-2H3,(H,12,14)(H2,9,10,11,13)/b6-3-. The van der Waals surface area contributed by atoms with Gasteiger partial charge in [0.15, 0.2) is 0 Å². The molecule has 86 valence electrons. The van der Waals surface area contributed by atoms with Crippen molar-refractivity contribution in [1.82, 2.24) is 20.5 Å². The number of aromatic amines is 1. The average Bonchev–Trinajstić information content (AvgIpc) is 2.75. The summed E-state index contributed by atoms with van der Waals surface area (Å²) in [4.78, 5) is 25.8. The fourth-order valence-corrected chi connectivity index (χ4v) is 0.861. The van der Waals surface area contributed by atoms with Gasteiger partial charge in [0, 0.05) is 13.1 Å². The van der Waals surface area contributed by atoms with Crippen LogP contribution in [0.1, 0.15) is 6.92 Å². The van der Waals surface area contributed by atoms with E-state index in [2.05, 4.69) is 30.6 Å². The van der Waals surface area contributed by atoms with Crippen LogP contribution in [-0.4, -0.2) is 34.2 Å². The van der Waals surface area contributed by atoms with Gasteiger partial charge in [0.05, 0.1) is 7.11 Å². The van der Waals surface area contributed by atoms with Gasteiger partial charge in [0.1, 0.15) is 12.0 Å². The summed E-state index contributed by atoms with van der Waals surface area (Å²) in [6, 6.07) is 0. The fourth-order valence-electron chi connectivity index (χ4n) is 0.861. The number of H-pyrrole nitrogens is 1. The molecular formula is C8H11N5O3. The van der Waals surface area contributed by atoms with Crippen LogP contribution in [0.2, 0.25) is 0 Å². The predicted molar refractivity (Wildman–Crippen MR) is 53.9 cm³/mol. The molecule has 0 spiro atoms. The van der Waals surface area contributed by atoms with Crippen molar-refractivity contribution in [2.24, 2.45) is 0 Å². The summed E-state index contributed by atoms with van der Waals surface area (Å²) in [7, 11) is 1.21. The Morgan fingerprint density at radius 3 is 2.81 bits per heavy atom. The molecular weight excluding hydrogens is 214 g/mol. The number of carbonyl (C=O) groups is 2. The number of amides is 1. The zero-order valence-electron chi connectivity index (χ0n) is 8.77. The molecule has 0 unspecified atom stereocenters. The Morgan fingerprint density at radius 2 is 2.31 bits per heavy atom. The Labute approximate surface area is 91.1 Å². The third-order valence-electron chi connectivity index (χ3n) is 1.48. The lowest BCUT2D eigenvalue weighted by Gasteiger charge is -2.05. The lowest BCUT2D eigenvalue weighted by atomic mass is 10.4. The van der Waals surface area contributed by atoms with E-state index in [0.29, 0.717) is 5.95 Å². The number of aromatic nitrogens is 3. The van der Waals surface area contributed by atoms with Crippen molar-refractivity contribution in [3.05, 3.63) is 18.2 Å². The van der Waals surface area contributed by atoms with Gasteiger partial charge >= 0.3 is 5.97 Å². The number of methoxy groups -OCH3 is 1. The van der Waals surface area contributed by atoms with Crippen LogP contribution in [0.4, 0.5) is 5.95 Å². The first-order chi connectivity index (χ1) is 7.63.